The van der Waals surface area contributed by atoms with Gasteiger partial charge in [-0.3, -0.25) is 14.8 Å². The first-order valence-electron chi connectivity index (χ1n) is 7.08. The molecule has 0 saturated carbocycles. The Morgan fingerprint density at radius 1 is 0.739 bits per heavy atom. The van der Waals surface area contributed by atoms with E-state index in [9.17, 15) is 4.79 Å². The average Bonchev–Trinajstić information content (AvgIpc) is 2.64. The maximum absolute atomic E-state index is 12.2. The molecule has 1 amide bonds. The fraction of sp³-hybridized carbons (Fsp3) is 0. The number of nitrogens with one attached hydrogen (secondary N) is 1. The first kappa shape index (κ1) is 14.6. The highest BCUT2D eigenvalue weighted by Crippen LogP contribution is 2.10. The molecule has 0 unspecified atom stereocenters. The van der Waals surface area contributed by atoms with E-state index in [4.69, 9.17) is 0 Å². The zero-order valence-electron chi connectivity index (χ0n) is 12.3. The number of hydrazone groups is 1. The van der Waals surface area contributed by atoms with Crippen LogP contribution >= 0.6 is 0 Å². The third-order valence-electron chi connectivity index (χ3n) is 3.21. The third kappa shape index (κ3) is 3.65. The second kappa shape index (κ2) is 7.09. The van der Waals surface area contributed by atoms with Crippen molar-refractivity contribution in [2.45, 2.75) is 0 Å². The van der Waals surface area contributed by atoms with Gasteiger partial charge in [0.25, 0.3) is 5.91 Å². The lowest BCUT2D eigenvalue weighted by molar-refractivity contribution is 0.0955. The van der Waals surface area contributed by atoms with Crippen LogP contribution in [0, 0.1) is 0 Å². The zero-order chi connectivity index (χ0) is 15.9. The normalized spacial score (nSPS) is 11.0. The Bertz CT molecular complexity index is 761. The second-order valence-electron chi connectivity index (χ2n) is 4.74. The van der Waals surface area contributed by atoms with Crippen molar-refractivity contribution in [3.63, 3.8) is 0 Å². The molecule has 112 valence electrons. The Labute approximate surface area is 133 Å². The number of benzene rings is 1. The molecule has 5 nitrogen and oxygen atoms in total. The maximum Gasteiger partial charge on any atom is 0.271 e. The summed E-state index contributed by atoms with van der Waals surface area (Å²) < 4.78 is 0. The Kier molecular flexibility index (Phi) is 4.49. The summed E-state index contributed by atoms with van der Waals surface area (Å²) in [6, 6.07) is 16.7. The molecule has 0 aliphatic carbocycles. The molecule has 2 aromatic heterocycles. The monoisotopic (exact) mass is 302 g/mol. The van der Waals surface area contributed by atoms with Crippen molar-refractivity contribution >= 4 is 11.6 Å². The van der Waals surface area contributed by atoms with Crippen LogP contribution in [-0.2, 0) is 0 Å². The average molecular weight is 302 g/mol. The van der Waals surface area contributed by atoms with Crippen LogP contribution in [-0.4, -0.2) is 21.6 Å². The number of pyridine rings is 2. The predicted molar refractivity (Wildman–Crippen MR) is 88.0 cm³/mol. The number of hydrogen-bond acceptors (Lipinski definition) is 4. The van der Waals surface area contributed by atoms with E-state index in [0.717, 1.165) is 11.1 Å². The van der Waals surface area contributed by atoms with Gasteiger partial charge in [-0.25, -0.2) is 5.43 Å². The van der Waals surface area contributed by atoms with Gasteiger partial charge in [-0.15, -0.1) is 0 Å². The van der Waals surface area contributed by atoms with Crippen LogP contribution < -0.4 is 5.43 Å². The van der Waals surface area contributed by atoms with Crippen LogP contribution in [0.4, 0.5) is 0 Å². The van der Waals surface area contributed by atoms with E-state index >= 15 is 0 Å². The number of nitrogens with zero attached hydrogens (tertiary/aromatic N) is 3. The van der Waals surface area contributed by atoms with Crippen LogP contribution in [0.25, 0.3) is 0 Å². The minimum Gasteiger partial charge on any atom is -0.267 e. The van der Waals surface area contributed by atoms with Crippen molar-refractivity contribution in [2.24, 2.45) is 5.10 Å². The zero-order valence-corrected chi connectivity index (χ0v) is 12.3. The van der Waals surface area contributed by atoms with Crippen LogP contribution in [0.3, 0.4) is 0 Å². The van der Waals surface area contributed by atoms with E-state index in [1.54, 1.807) is 36.9 Å². The van der Waals surface area contributed by atoms with Gasteiger partial charge in [0.1, 0.15) is 0 Å². The first-order chi connectivity index (χ1) is 11.3. The minimum absolute atomic E-state index is 0.283. The van der Waals surface area contributed by atoms with Gasteiger partial charge in [-0.1, -0.05) is 30.3 Å². The van der Waals surface area contributed by atoms with E-state index < -0.39 is 0 Å². The lowest BCUT2D eigenvalue weighted by Crippen LogP contribution is -2.20. The molecule has 0 atom stereocenters. The van der Waals surface area contributed by atoms with Crippen molar-refractivity contribution in [2.75, 3.05) is 0 Å². The summed E-state index contributed by atoms with van der Waals surface area (Å²) in [4.78, 5) is 20.1. The lowest BCUT2D eigenvalue weighted by atomic mass is 10.0. The SMILES string of the molecule is O=C(NN=C(c1ccccc1)c1ccncc1)c1ccncc1. The van der Waals surface area contributed by atoms with Gasteiger partial charge < -0.3 is 0 Å². The molecule has 0 aliphatic heterocycles. The van der Waals surface area contributed by atoms with E-state index in [-0.39, 0.29) is 5.91 Å². The second-order valence-corrected chi connectivity index (χ2v) is 4.74. The van der Waals surface area contributed by atoms with Crippen LogP contribution in [0.15, 0.2) is 84.5 Å². The Balaban J connectivity index is 1.91. The van der Waals surface area contributed by atoms with Gasteiger partial charge in [0, 0.05) is 41.5 Å². The fourth-order valence-corrected chi connectivity index (χ4v) is 2.08. The molecule has 0 fully saturated rings. The third-order valence-corrected chi connectivity index (χ3v) is 3.21. The van der Waals surface area contributed by atoms with Crippen LogP contribution in [0.2, 0.25) is 0 Å². The topological polar surface area (TPSA) is 67.2 Å². The summed E-state index contributed by atoms with van der Waals surface area (Å²) in [5, 5.41) is 4.31. The first-order valence-corrected chi connectivity index (χ1v) is 7.08. The molecule has 23 heavy (non-hydrogen) atoms. The number of amides is 1. The van der Waals surface area contributed by atoms with Gasteiger partial charge in [-0.05, 0) is 24.3 Å². The number of carbonyl (C=O) groups is 1. The van der Waals surface area contributed by atoms with Gasteiger partial charge >= 0.3 is 0 Å². The number of aromatic nitrogens is 2. The number of rotatable bonds is 4. The summed E-state index contributed by atoms with van der Waals surface area (Å²) in [5.74, 6) is -0.283. The molecule has 1 N–H and O–H groups in total. The molecular weight excluding hydrogens is 288 g/mol. The molecule has 1 aromatic carbocycles. The van der Waals surface area contributed by atoms with Crippen molar-refractivity contribution in [1.82, 2.24) is 15.4 Å². The maximum atomic E-state index is 12.2. The van der Waals surface area contributed by atoms with Crippen molar-refractivity contribution in [3.05, 3.63) is 96.1 Å². The highest BCUT2D eigenvalue weighted by molar-refractivity contribution is 6.13. The molecule has 0 spiro atoms. The summed E-state index contributed by atoms with van der Waals surface area (Å²) in [5.41, 5.74) is 5.57. The molecule has 0 aliphatic rings. The molecule has 5 heteroatoms. The van der Waals surface area contributed by atoms with E-state index in [1.807, 2.05) is 42.5 Å². The summed E-state index contributed by atoms with van der Waals surface area (Å²) in [7, 11) is 0. The quantitative estimate of drug-likeness (QED) is 0.595. The number of hydrogen-bond donors (Lipinski definition) is 1. The molecule has 2 heterocycles. The predicted octanol–water partition coefficient (Wildman–Crippen LogP) is 2.66. The minimum atomic E-state index is -0.283. The highest BCUT2D eigenvalue weighted by atomic mass is 16.2. The van der Waals surface area contributed by atoms with Gasteiger partial charge in [-0.2, -0.15) is 5.10 Å². The van der Waals surface area contributed by atoms with Gasteiger partial charge in [0.2, 0.25) is 0 Å². The van der Waals surface area contributed by atoms with Crippen molar-refractivity contribution in [1.29, 1.82) is 0 Å². The molecule has 3 aromatic rings. The Morgan fingerprint density at radius 3 is 1.87 bits per heavy atom. The molecule has 0 radical (unpaired) electrons. The van der Waals surface area contributed by atoms with E-state index in [2.05, 4.69) is 20.5 Å². The van der Waals surface area contributed by atoms with Crippen molar-refractivity contribution in [3.8, 4) is 0 Å². The van der Waals surface area contributed by atoms with E-state index in [1.165, 1.54) is 0 Å². The standard InChI is InChI=1S/C18H14N4O/c23-18(16-8-12-20-13-9-16)22-21-17(14-4-2-1-3-5-14)15-6-10-19-11-7-15/h1-13H,(H,22,23). The Morgan fingerprint density at radius 2 is 1.26 bits per heavy atom. The summed E-state index contributed by atoms with van der Waals surface area (Å²) in [6.45, 7) is 0. The highest BCUT2D eigenvalue weighted by Gasteiger charge is 2.09. The van der Waals surface area contributed by atoms with Crippen LogP contribution in [0.5, 0.6) is 0 Å². The molecule has 0 saturated heterocycles. The lowest BCUT2D eigenvalue weighted by Gasteiger charge is -2.07. The van der Waals surface area contributed by atoms with Crippen LogP contribution in [0.1, 0.15) is 21.5 Å². The Hall–Kier alpha value is -3.34. The molecular formula is C18H14N4O. The van der Waals surface area contributed by atoms with E-state index in [0.29, 0.717) is 11.3 Å². The largest absolute Gasteiger partial charge is 0.271 e. The smallest absolute Gasteiger partial charge is 0.267 e. The van der Waals surface area contributed by atoms with Crippen molar-refractivity contribution < 1.29 is 4.79 Å². The molecule has 0 bridgehead atoms. The number of carbonyl (C=O) groups excluding carboxylic acids is 1. The van der Waals surface area contributed by atoms with Gasteiger partial charge in [0.15, 0.2) is 0 Å². The molecule has 3 rings (SSSR count). The van der Waals surface area contributed by atoms with Gasteiger partial charge in [0.05, 0.1) is 5.71 Å². The fourth-order valence-electron chi connectivity index (χ4n) is 2.08. The summed E-state index contributed by atoms with van der Waals surface area (Å²) >= 11 is 0. The summed E-state index contributed by atoms with van der Waals surface area (Å²) in [6.07, 6.45) is 6.52.